The minimum absolute atomic E-state index is 0.234. The number of nitrogens with one attached hydrogen (secondary N) is 1. The molecule has 1 heterocycles. The van der Waals surface area contributed by atoms with Gasteiger partial charge in [-0.15, -0.1) is 0 Å². The van der Waals surface area contributed by atoms with Crippen LogP contribution in [0.1, 0.15) is 32.8 Å². The van der Waals surface area contributed by atoms with Gasteiger partial charge in [0.1, 0.15) is 5.82 Å². The van der Waals surface area contributed by atoms with Crippen molar-refractivity contribution in [1.82, 2.24) is 5.32 Å². The molecular formula is C14H17FN2O2. The quantitative estimate of drug-likeness (QED) is 0.890. The van der Waals surface area contributed by atoms with Crippen molar-refractivity contribution in [3.63, 3.8) is 0 Å². The lowest BCUT2D eigenvalue weighted by molar-refractivity contribution is -0.132. The predicted octanol–water partition coefficient (Wildman–Crippen LogP) is 2.23. The second kappa shape index (κ2) is 4.99. The van der Waals surface area contributed by atoms with Crippen molar-refractivity contribution in [2.24, 2.45) is 5.16 Å². The summed E-state index contributed by atoms with van der Waals surface area (Å²) in [5.74, 6) is -0.593. The number of carbonyl (C=O) groups excluding carboxylic acids is 1. The molecule has 1 aromatic rings. The molecule has 5 heteroatoms. The number of hydrogen-bond donors (Lipinski definition) is 1. The summed E-state index contributed by atoms with van der Waals surface area (Å²) in [5, 5.41) is 6.63. The Morgan fingerprint density at radius 2 is 2.11 bits per heavy atom. The molecule has 102 valence electrons. The van der Waals surface area contributed by atoms with Crippen LogP contribution in [-0.4, -0.2) is 23.3 Å². The molecule has 2 rings (SSSR count). The maximum absolute atomic E-state index is 13.6. The molecule has 1 amide bonds. The van der Waals surface area contributed by atoms with E-state index in [1.807, 2.05) is 20.8 Å². The third-order valence-electron chi connectivity index (χ3n) is 2.64. The summed E-state index contributed by atoms with van der Waals surface area (Å²) in [5.41, 5.74) is 0.516. The fraction of sp³-hybridized carbons (Fsp3) is 0.429. The highest BCUT2D eigenvalue weighted by Gasteiger charge is 2.31. The van der Waals surface area contributed by atoms with Gasteiger partial charge in [-0.05, 0) is 26.8 Å². The molecule has 1 N–H and O–H groups in total. The van der Waals surface area contributed by atoms with Gasteiger partial charge in [-0.3, -0.25) is 4.79 Å². The zero-order valence-electron chi connectivity index (χ0n) is 11.2. The first-order chi connectivity index (χ1) is 8.87. The van der Waals surface area contributed by atoms with Gasteiger partial charge in [0.15, 0.2) is 0 Å². The molecule has 0 aromatic heterocycles. The van der Waals surface area contributed by atoms with Gasteiger partial charge in [-0.2, -0.15) is 0 Å². The molecule has 0 bridgehead atoms. The molecule has 1 aliphatic rings. The van der Waals surface area contributed by atoms with Crippen LogP contribution < -0.4 is 5.32 Å². The number of hydrogen-bond acceptors (Lipinski definition) is 3. The summed E-state index contributed by atoms with van der Waals surface area (Å²) in [6.07, 6.45) is -0.406. The van der Waals surface area contributed by atoms with Gasteiger partial charge >= 0.3 is 0 Å². The molecule has 0 aliphatic carbocycles. The van der Waals surface area contributed by atoms with E-state index >= 15 is 0 Å². The van der Waals surface area contributed by atoms with Crippen molar-refractivity contribution >= 4 is 11.6 Å². The van der Waals surface area contributed by atoms with Crippen LogP contribution in [0.2, 0.25) is 0 Å². The molecule has 0 fully saturated rings. The lowest BCUT2D eigenvalue weighted by Gasteiger charge is -2.22. The van der Waals surface area contributed by atoms with E-state index in [0.717, 1.165) is 0 Å². The maximum Gasteiger partial charge on any atom is 0.264 e. The number of rotatable bonds is 2. The third-order valence-corrected chi connectivity index (χ3v) is 2.64. The molecule has 4 nitrogen and oxygen atoms in total. The summed E-state index contributed by atoms with van der Waals surface area (Å²) in [6, 6.07) is 6.32. The Labute approximate surface area is 111 Å². The van der Waals surface area contributed by atoms with Gasteiger partial charge in [0.05, 0.1) is 5.71 Å². The monoisotopic (exact) mass is 264 g/mol. The zero-order valence-corrected chi connectivity index (χ0v) is 11.2. The molecule has 1 atom stereocenters. The Morgan fingerprint density at radius 1 is 1.42 bits per heavy atom. The Morgan fingerprint density at radius 3 is 2.74 bits per heavy atom. The summed E-state index contributed by atoms with van der Waals surface area (Å²) in [4.78, 5) is 17.0. The standard InChI is InChI=1S/C14H17FN2O2/c1-14(2,3)16-13(18)12-8-11(17-19-12)9-6-4-5-7-10(9)15/h4-7,12H,8H2,1-3H3,(H,16,18)/t12-/m1/s1. The van der Waals surface area contributed by atoms with E-state index in [1.165, 1.54) is 6.07 Å². The predicted molar refractivity (Wildman–Crippen MR) is 70.3 cm³/mol. The number of benzene rings is 1. The second-order valence-corrected chi connectivity index (χ2v) is 5.56. The Balaban J connectivity index is 2.04. The third kappa shape index (κ3) is 3.30. The number of oxime groups is 1. The summed E-state index contributed by atoms with van der Waals surface area (Å²) in [7, 11) is 0. The Kier molecular flexibility index (Phi) is 3.55. The van der Waals surface area contributed by atoms with Gasteiger partial charge in [0.2, 0.25) is 6.10 Å². The van der Waals surface area contributed by atoms with Gasteiger partial charge in [0.25, 0.3) is 5.91 Å². The van der Waals surface area contributed by atoms with Crippen molar-refractivity contribution in [3.8, 4) is 0 Å². The lowest BCUT2D eigenvalue weighted by atomic mass is 10.0. The van der Waals surface area contributed by atoms with E-state index in [-0.39, 0.29) is 23.7 Å². The average Bonchev–Trinajstić information content (AvgIpc) is 2.76. The van der Waals surface area contributed by atoms with Crippen LogP contribution in [0.4, 0.5) is 4.39 Å². The normalized spacial score (nSPS) is 18.7. The van der Waals surface area contributed by atoms with Crippen molar-refractivity contribution < 1.29 is 14.0 Å². The molecule has 0 spiro atoms. The number of nitrogens with zero attached hydrogens (tertiary/aromatic N) is 1. The highest BCUT2D eigenvalue weighted by atomic mass is 19.1. The molecule has 0 radical (unpaired) electrons. The summed E-state index contributed by atoms with van der Waals surface area (Å²) in [6.45, 7) is 5.66. The SMILES string of the molecule is CC(C)(C)NC(=O)[C@H]1CC(c2ccccc2F)=NO1. The zero-order chi connectivity index (χ0) is 14.0. The minimum atomic E-state index is -0.686. The highest BCUT2D eigenvalue weighted by Crippen LogP contribution is 2.19. The second-order valence-electron chi connectivity index (χ2n) is 5.56. The van der Waals surface area contributed by atoms with Crippen LogP contribution in [0.25, 0.3) is 0 Å². The van der Waals surface area contributed by atoms with E-state index in [1.54, 1.807) is 18.2 Å². The lowest BCUT2D eigenvalue weighted by Crippen LogP contribution is -2.45. The van der Waals surface area contributed by atoms with Crippen molar-refractivity contribution in [3.05, 3.63) is 35.6 Å². The first-order valence-corrected chi connectivity index (χ1v) is 6.16. The van der Waals surface area contributed by atoms with Gasteiger partial charge in [-0.1, -0.05) is 23.4 Å². The number of halogens is 1. The number of amides is 1. The summed E-state index contributed by atoms with van der Waals surface area (Å²) >= 11 is 0. The Hall–Kier alpha value is -1.91. The maximum atomic E-state index is 13.6. The van der Waals surface area contributed by atoms with Crippen molar-refractivity contribution in [2.75, 3.05) is 0 Å². The van der Waals surface area contributed by atoms with Crippen molar-refractivity contribution in [2.45, 2.75) is 38.8 Å². The Bertz CT molecular complexity index is 520. The molecule has 0 saturated carbocycles. The fourth-order valence-corrected chi connectivity index (χ4v) is 1.82. The van der Waals surface area contributed by atoms with Crippen LogP contribution >= 0.6 is 0 Å². The van der Waals surface area contributed by atoms with Crippen LogP contribution in [0.3, 0.4) is 0 Å². The fourth-order valence-electron chi connectivity index (χ4n) is 1.82. The van der Waals surface area contributed by atoms with E-state index in [0.29, 0.717) is 11.3 Å². The van der Waals surface area contributed by atoms with Crippen LogP contribution in [-0.2, 0) is 9.63 Å². The molecule has 0 saturated heterocycles. The smallest absolute Gasteiger partial charge is 0.264 e. The highest BCUT2D eigenvalue weighted by molar-refractivity contribution is 6.04. The van der Waals surface area contributed by atoms with Crippen LogP contribution in [0.5, 0.6) is 0 Å². The average molecular weight is 264 g/mol. The molecular weight excluding hydrogens is 247 g/mol. The topological polar surface area (TPSA) is 50.7 Å². The van der Waals surface area contributed by atoms with Crippen LogP contribution in [0, 0.1) is 5.82 Å². The van der Waals surface area contributed by atoms with Gasteiger partial charge < -0.3 is 10.2 Å². The molecule has 1 aromatic carbocycles. The molecule has 1 aliphatic heterocycles. The molecule has 19 heavy (non-hydrogen) atoms. The first-order valence-electron chi connectivity index (χ1n) is 6.16. The first kappa shape index (κ1) is 13.5. The van der Waals surface area contributed by atoms with E-state index < -0.39 is 6.10 Å². The van der Waals surface area contributed by atoms with E-state index in [2.05, 4.69) is 10.5 Å². The minimum Gasteiger partial charge on any atom is -0.382 e. The van der Waals surface area contributed by atoms with Crippen LogP contribution in [0.15, 0.2) is 29.4 Å². The largest absolute Gasteiger partial charge is 0.382 e. The number of carbonyl (C=O) groups is 1. The van der Waals surface area contributed by atoms with Gasteiger partial charge in [-0.25, -0.2) is 4.39 Å². The summed E-state index contributed by atoms with van der Waals surface area (Å²) < 4.78 is 13.6. The van der Waals surface area contributed by atoms with Crippen molar-refractivity contribution in [1.29, 1.82) is 0 Å². The molecule has 0 unspecified atom stereocenters. The van der Waals surface area contributed by atoms with Gasteiger partial charge in [0, 0.05) is 17.5 Å². The van der Waals surface area contributed by atoms with E-state index in [9.17, 15) is 9.18 Å². The van der Waals surface area contributed by atoms with E-state index in [4.69, 9.17) is 4.84 Å².